The quantitative estimate of drug-likeness (QED) is 0.489. The van der Waals surface area contributed by atoms with Gasteiger partial charge in [-0.1, -0.05) is 11.6 Å². The average Bonchev–Trinajstić information content (AvgIpc) is 2.27. The van der Waals surface area contributed by atoms with Crippen LogP contribution in [0.2, 0.25) is 5.15 Å². The molecule has 0 aliphatic rings. The zero-order valence-corrected chi connectivity index (χ0v) is 10.8. The summed E-state index contributed by atoms with van der Waals surface area (Å²) in [6.07, 6.45) is 1.26. The van der Waals surface area contributed by atoms with Gasteiger partial charge in [0.15, 0.2) is 0 Å². The van der Waals surface area contributed by atoms with Crippen molar-refractivity contribution in [2.45, 2.75) is 0 Å². The highest BCUT2D eigenvalue weighted by molar-refractivity contribution is 6.32. The molecule has 0 aromatic carbocycles. The number of hydrogen-bond donors (Lipinski definition) is 1. The fourth-order valence-electron chi connectivity index (χ4n) is 1.27. The number of nitro groups is 1. The Bertz CT molecular complexity index is 464. The lowest BCUT2D eigenvalue weighted by molar-refractivity contribution is -0.385. The van der Waals surface area contributed by atoms with Crippen molar-refractivity contribution in [3.8, 4) is 0 Å². The van der Waals surface area contributed by atoms with Crippen LogP contribution < -0.4 is 5.32 Å². The number of pyridine rings is 1. The number of halogens is 1. The number of hydrogen-bond acceptors (Lipinski definition) is 5. The van der Waals surface area contributed by atoms with Gasteiger partial charge in [0.25, 0.3) is 5.91 Å². The normalized spacial score (nSPS) is 10.4. The van der Waals surface area contributed by atoms with Crippen LogP contribution in [0.1, 0.15) is 10.4 Å². The van der Waals surface area contributed by atoms with E-state index in [-0.39, 0.29) is 10.7 Å². The van der Waals surface area contributed by atoms with Crippen molar-refractivity contribution >= 4 is 23.2 Å². The molecule has 0 saturated heterocycles. The van der Waals surface area contributed by atoms with Crippen molar-refractivity contribution in [1.29, 1.82) is 0 Å². The van der Waals surface area contributed by atoms with E-state index in [1.807, 2.05) is 19.0 Å². The van der Waals surface area contributed by atoms with Crippen LogP contribution in [-0.4, -0.2) is 47.9 Å². The standard InChI is InChI=1S/C10H13ClN4O3/c1-14(2)6-5-13-10(16)7-3-4-12-9(11)8(7)15(17)18/h3-4H,5-6H2,1-2H3,(H,13,16). The molecule has 1 rings (SSSR count). The Morgan fingerprint density at radius 2 is 2.28 bits per heavy atom. The smallest absolute Gasteiger partial charge is 0.319 e. The molecule has 7 nitrogen and oxygen atoms in total. The van der Waals surface area contributed by atoms with Gasteiger partial charge in [-0.05, 0) is 20.2 Å². The molecule has 1 aromatic heterocycles. The highest BCUT2D eigenvalue weighted by atomic mass is 35.5. The highest BCUT2D eigenvalue weighted by Gasteiger charge is 2.24. The van der Waals surface area contributed by atoms with Gasteiger partial charge in [0, 0.05) is 19.3 Å². The molecule has 0 radical (unpaired) electrons. The van der Waals surface area contributed by atoms with Gasteiger partial charge in [-0.3, -0.25) is 14.9 Å². The molecule has 0 spiro atoms. The second kappa shape index (κ2) is 6.27. The second-order valence-electron chi connectivity index (χ2n) is 3.81. The molecule has 0 aliphatic carbocycles. The molecule has 0 unspecified atom stereocenters. The van der Waals surface area contributed by atoms with E-state index in [2.05, 4.69) is 10.3 Å². The third-order valence-electron chi connectivity index (χ3n) is 2.15. The molecule has 0 aliphatic heterocycles. The van der Waals surface area contributed by atoms with E-state index in [1.54, 1.807) is 0 Å². The number of amides is 1. The van der Waals surface area contributed by atoms with Crippen molar-refractivity contribution in [2.75, 3.05) is 27.2 Å². The Morgan fingerprint density at radius 1 is 1.61 bits per heavy atom. The van der Waals surface area contributed by atoms with Gasteiger partial charge in [-0.2, -0.15) is 0 Å². The maximum absolute atomic E-state index is 11.8. The number of carbonyl (C=O) groups is 1. The van der Waals surface area contributed by atoms with Crippen LogP contribution in [0.5, 0.6) is 0 Å². The van der Waals surface area contributed by atoms with Gasteiger partial charge in [0.1, 0.15) is 5.56 Å². The van der Waals surface area contributed by atoms with Gasteiger partial charge < -0.3 is 10.2 Å². The van der Waals surface area contributed by atoms with Gasteiger partial charge in [0.05, 0.1) is 4.92 Å². The number of rotatable bonds is 5. The first-order valence-electron chi connectivity index (χ1n) is 5.15. The Labute approximate surface area is 109 Å². The van der Waals surface area contributed by atoms with E-state index >= 15 is 0 Å². The minimum Gasteiger partial charge on any atom is -0.351 e. The van der Waals surface area contributed by atoms with E-state index in [0.29, 0.717) is 13.1 Å². The van der Waals surface area contributed by atoms with Gasteiger partial charge in [-0.25, -0.2) is 4.98 Å². The first-order valence-corrected chi connectivity index (χ1v) is 5.53. The molecule has 1 N–H and O–H groups in total. The first kappa shape index (κ1) is 14.3. The Hall–Kier alpha value is -1.73. The molecule has 18 heavy (non-hydrogen) atoms. The van der Waals surface area contributed by atoms with Crippen molar-refractivity contribution in [3.63, 3.8) is 0 Å². The topological polar surface area (TPSA) is 88.4 Å². The summed E-state index contributed by atoms with van der Waals surface area (Å²) >= 11 is 5.61. The number of carbonyl (C=O) groups excluding carboxylic acids is 1. The van der Waals surface area contributed by atoms with E-state index in [0.717, 1.165) is 0 Å². The highest BCUT2D eigenvalue weighted by Crippen LogP contribution is 2.25. The minimum absolute atomic E-state index is 0.0845. The molecular weight excluding hydrogens is 260 g/mol. The van der Waals surface area contributed by atoms with Gasteiger partial charge in [-0.15, -0.1) is 0 Å². The second-order valence-corrected chi connectivity index (χ2v) is 4.17. The summed E-state index contributed by atoms with van der Waals surface area (Å²) in [5.41, 5.74) is -0.555. The predicted octanol–water partition coefficient (Wildman–Crippen LogP) is 0.935. The lowest BCUT2D eigenvalue weighted by Gasteiger charge is -2.10. The summed E-state index contributed by atoms with van der Waals surface area (Å²) in [4.78, 5) is 27.4. The van der Waals surface area contributed by atoms with Gasteiger partial charge >= 0.3 is 5.69 Å². The molecular formula is C10H13ClN4O3. The number of likely N-dealkylation sites (N-methyl/N-ethyl adjacent to an activating group) is 1. The SMILES string of the molecule is CN(C)CCNC(=O)c1ccnc(Cl)c1[N+](=O)[O-]. The van der Waals surface area contributed by atoms with Crippen molar-refractivity contribution in [3.05, 3.63) is 33.1 Å². The third-order valence-corrected chi connectivity index (χ3v) is 2.43. The van der Waals surface area contributed by atoms with E-state index in [4.69, 9.17) is 11.6 Å². The number of aromatic nitrogens is 1. The molecule has 1 heterocycles. The number of nitrogens with zero attached hydrogens (tertiary/aromatic N) is 3. The molecule has 0 bridgehead atoms. The Morgan fingerprint density at radius 3 is 2.83 bits per heavy atom. The summed E-state index contributed by atoms with van der Waals surface area (Å²) < 4.78 is 0. The fourth-order valence-corrected chi connectivity index (χ4v) is 1.50. The molecule has 0 fully saturated rings. The maximum Gasteiger partial charge on any atom is 0.319 e. The van der Waals surface area contributed by atoms with Crippen molar-refractivity contribution in [1.82, 2.24) is 15.2 Å². The summed E-state index contributed by atoms with van der Waals surface area (Å²) in [6, 6.07) is 1.27. The van der Waals surface area contributed by atoms with E-state index < -0.39 is 16.5 Å². The van der Waals surface area contributed by atoms with E-state index in [1.165, 1.54) is 12.3 Å². The summed E-state index contributed by atoms with van der Waals surface area (Å²) in [5.74, 6) is -0.534. The zero-order valence-electron chi connectivity index (χ0n) is 10.0. The van der Waals surface area contributed by atoms with Crippen molar-refractivity contribution < 1.29 is 9.72 Å². The molecule has 0 atom stereocenters. The summed E-state index contributed by atoms with van der Waals surface area (Å²) in [7, 11) is 3.72. The average molecular weight is 273 g/mol. The molecule has 8 heteroatoms. The van der Waals surface area contributed by atoms with Gasteiger partial charge in [0.2, 0.25) is 5.15 Å². The zero-order chi connectivity index (χ0) is 13.7. The summed E-state index contributed by atoms with van der Waals surface area (Å²) in [5, 5.41) is 13.1. The predicted molar refractivity (Wildman–Crippen MR) is 66.8 cm³/mol. The van der Waals surface area contributed by atoms with Crippen molar-refractivity contribution in [2.24, 2.45) is 0 Å². The van der Waals surface area contributed by atoms with Crippen LogP contribution in [0.25, 0.3) is 0 Å². The van der Waals surface area contributed by atoms with Crippen LogP contribution in [0.3, 0.4) is 0 Å². The monoisotopic (exact) mass is 272 g/mol. The fraction of sp³-hybridized carbons (Fsp3) is 0.400. The molecule has 1 aromatic rings. The first-order chi connectivity index (χ1) is 8.43. The van der Waals surface area contributed by atoms with E-state index in [9.17, 15) is 14.9 Å². The Kier molecular flexibility index (Phi) is 4.99. The van der Waals surface area contributed by atoms with Crippen LogP contribution in [-0.2, 0) is 0 Å². The Balaban J connectivity index is 2.86. The van der Waals surface area contributed by atoms with Crippen LogP contribution in [0.4, 0.5) is 5.69 Å². The number of nitrogens with one attached hydrogen (secondary N) is 1. The largest absolute Gasteiger partial charge is 0.351 e. The van der Waals surface area contributed by atoms with Crippen LogP contribution >= 0.6 is 11.6 Å². The van der Waals surface area contributed by atoms with Crippen LogP contribution in [0, 0.1) is 10.1 Å². The minimum atomic E-state index is -0.712. The lowest BCUT2D eigenvalue weighted by atomic mass is 10.2. The van der Waals surface area contributed by atoms with Crippen LogP contribution in [0.15, 0.2) is 12.3 Å². The lowest BCUT2D eigenvalue weighted by Crippen LogP contribution is -2.31. The maximum atomic E-state index is 11.8. The molecule has 0 saturated carbocycles. The summed E-state index contributed by atoms with van der Waals surface area (Å²) in [6.45, 7) is 1.03. The third kappa shape index (κ3) is 3.64. The molecule has 1 amide bonds. The molecule has 98 valence electrons.